The summed E-state index contributed by atoms with van der Waals surface area (Å²) in [5.74, 6) is 1.23. The maximum absolute atomic E-state index is 3.62. The maximum atomic E-state index is 3.62. The average Bonchev–Trinajstić information content (AvgIpc) is 2.61. The van der Waals surface area contributed by atoms with Gasteiger partial charge in [0.25, 0.3) is 0 Å². The molecule has 4 heteroatoms. The van der Waals surface area contributed by atoms with Crippen LogP contribution in [0.25, 0.3) is 0 Å². The summed E-state index contributed by atoms with van der Waals surface area (Å²) in [5, 5.41) is 3.62. The van der Waals surface area contributed by atoms with Crippen molar-refractivity contribution in [1.29, 1.82) is 0 Å². The zero-order valence-corrected chi connectivity index (χ0v) is 12.6. The Hall–Kier alpha value is 0.490. The number of hydrogen-bond acceptors (Lipinski definition) is 3. The summed E-state index contributed by atoms with van der Waals surface area (Å²) in [6, 6.07) is 5.35. The third kappa shape index (κ3) is 4.89. The van der Waals surface area contributed by atoms with Crippen molar-refractivity contribution >= 4 is 39.0 Å². The zero-order valence-electron chi connectivity index (χ0n) is 9.42. The van der Waals surface area contributed by atoms with Crippen molar-refractivity contribution in [3.63, 3.8) is 0 Å². The molecule has 0 aliphatic rings. The molecule has 1 N–H and O–H groups in total. The molecule has 1 rings (SSSR count). The van der Waals surface area contributed by atoms with Crippen LogP contribution in [0.2, 0.25) is 0 Å². The summed E-state index contributed by atoms with van der Waals surface area (Å²) in [6.45, 7) is 4.49. The van der Waals surface area contributed by atoms with E-state index in [1.807, 2.05) is 23.1 Å². The monoisotopic (exact) mass is 307 g/mol. The van der Waals surface area contributed by atoms with Crippen LogP contribution >= 0.6 is 39.0 Å². The second-order valence-electron chi connectivity index (χ2n) is 3.71. The van der Waals surface area contributed by atoms with Crippen molar-refractivity contribution in [2.45, 2.75) is 32.4 Å². The molecule has 15 heavy (non-hydrogen) atoms. The van der Waals surface area contributed by atoms with Gasteiger partial charge in [-0.05, 0) is 60.3 Å². The molecule has 1 nitrogen and oxygen atoms in total. The molecule has 2 unspecified atom stereocenters. The topological polar surface area (TPSA) is 12.0 Å². The minimum atomic E-state index is 0.457. The van der Waals surface area contributed by atoms with Crippen LogP contribution in [0.3, 0.4) is 0 Å². The van der Waals surface area contributed by atoms with E-state index in [4.69, 9.17) is 0 Å². The smallest absolute Gasteiger partial charge is 0.0701 e. The van der Waals surface area contributed by atoms with E-state index in [9.17, 15) is 0 Å². The summed E-state index contributed by atoms with van der Waals surface area (Å²) >= 11 is 7.22. The van der Waals surface area contributed by atoms with E-state index >= 15 is 0 Å². The lowest BCUT2D eigenvalue weighted by atomic mass is 10.2. The molecule has 0 aliphatic carbocycles. The summed E-state index contributed by atoms with van der Waals surface area (Å²) in [7, 11) is 0. The summed E-state index contributed by atoms with van der Waals surface area (Å²) in [5.41, 5.74) is 0. The van der Waals surface area contributed by atoms with E-state index in [0.29, 0.717) is 12.1 Å². The SMILES string of the molecule is CSCCC(C)NC(C)c1ccc(Br)s1. The van der Waals surface area contributed by atoms with Gasteiger partial charge in [0.2, 0.25) is 0 Å². The molecular formula is C11H18BrNS2. The minimum Gasteiger partial charge on any atom is -0.307 e. The fraction of sp³-hybridized carbons (Fsp3) is 0.636. The van der Waals surface area contributed by atoms with Gasteiger partial charge >= 0.3 is 0 Å². The highest BCUT2D eigenvalue weighted by atomic mass is 79.9. The molecule has 2 atom stereocenters. The number of thioether (sulfide) groups is 1. The predicted molar refractivity (Wildman–Crippen MR) is 76.0 cm³/mol. The first-order chi connectivity index (χ1) is 7.13. The quantitative estimate of drug-likeness (QED) is 0.841. The molecule has 0 saturated carbocycles. The van der Waals surface area contributed by atoms with Crippen molar-refractivity contribution < 1.29 is 0 Å². The Labute approximate surface area is 109 Å². The summed E-state index contributed by atoms with van der Waals surface area (Å²) in [6.07, 6.45) is 3.39. The fourth-order valence-electron chi connectivity index (χ4n) is 1.45. The number of hydrogen-bond donors (Lipinski definition) is 1. The molecule has 0 aliphatic heterocycles. The molecule has 0 amide bonds. The second-order valence-corrected chi connectivity index (χ2v) is 7.19. The number of nitrogens with one attached hydrogen (secondary N) is 1. The van der Waals surface area contributed by atoms with Crippen LogP contribution in [0.15, 0.2) is 15.9 Å². The standard InChI is InChI=1S/C11H18BrNS2/c1-8(6-7-14-3)13-9(2)10-4-5-11(12)15-10/h4-5,8-9,13H,6-7H2,1-3H3. The van der Waals surface area contributed by atoms with E-state index in [0.717, 1.165) is 0 Å². The largest absolute Gasteiger partial charge is 0.307 e. The van der Waals surface area contributed by atoms with Crippen molar-refractivity contribution in [1.82, 2.24) is 5.32 Å². The third-order valence-corrected chi connectivity index (χ3v) is 4.76. The first kappa shape index (κ1) is 13.6. The minimum absolute atomic E-state index is 0.457. The van der Waals surface area contributed by atoms with Crippen LogP contribution in [0.1, 0.15) is 31.2 Å². The molecule has 0 radical (unpaired) electrons. The fourth-order valence-corrected chi connectivity index (χ4v) is 3.47. The van der Waals surface area contributed by atoms with E-state index in [2.05, 4.69) is 53.5 Å². The number of rotatable bonds is 6. The van der Waals surface area contributed by atoms with E-state index < -0.39 is 0 Å². The highest BCUT2D eigenvalue weighted by molar-refractivity contribution is 9.11. The van der Waals surface area contributed by atoms with Gasteiger partial charge in [-0.1, -0.05) is 0 Å². The van der Waals surface area contributed by atoms with Gasteiger partial charge in [-0.3, -0.25) is 0 Å². The summed E-state index contributed by atoms with van der Waals surface area (Å²) < 4.78 is 1.21. The molecule has 1 aromatic rings. The number of halogens is 1. The van der Waals surface area contributed by atoms with Gasteiger partial charge in [0.15, 0.2) is 0 Å². The van der Waals surface area contributed by atoms with Crippen LogP contribution in [0.4, 0.5) is 0 Å². The Balaban J connectivity index is 2.38. The van der Waals surface area contributed by atoms with Crippen LogP contribution in [-0.2, 0) is 0 Å². The maximum Gasteiger partial charge on any atom is 0.0701 e. The normalized spacial score (nSPS) is 15.2. The van der Waals surface area contributed by atoms with Crippen molar-refractivity contribution in [3.8, 4) is 0 Å². The van der Waals surface area contributed by atoms with Gasteiger partial charge in [0.1, 0.15) is 0 Å². The van der Waals surface area contributed by atoms with E-state index in [-0.39, 0.29) is 0 Å². The predicted octanol–water partition coefficient (Wildman–Crippen LogP) is 4.30. The number of thiophene rings is 1. The summed E-state index contributed by atoms with van der Waals surface area (Å²) in [4.78, 5) is 1.40. The molecule has 1 aromatic heterocycles. The molecule has 86 valence electrons. The molecule has 0 spiro atoms. The van der Waals surface area contributed by atoms with Gasteiger partial charge < -0.3 is 5.32 Å². The average molecular weight is 308 g/mol. The molecule has 0 aromatic carbocycles. The molecule has 0 saturated heterocycles. The van der Waals surface area contributed by atoms with Crippen LogP contribution in [0, 0.1) is 0 Å². The zero-order chi connectivity index (χ0) is 11.3. The van der Waals surface area contributed by atoms with E-state index in [1.54, 1.807) is 0 Å². The van der Waals surface area contributed by atoms with E-state index in [1.165, 1.54) is 20.8 Å². The lowest BCUT2D eigenvalue weighted by Crippen LogP contribution is -2.28. The van der Waals surface area contributed by atoms with Gasteiger partial charge in [-0.25, -0.2) is 0 Å². The Kier molecular flexibility index (Phi) is 6.27. The molecular weight excluding hydrogens is 290 g/mol. The highest BCUT2D eigenvalue weighted by Gasteiger charge is 2.10. The highest BCUT2D eigenvalue weighted by Crippen LogP contribution is 2.27. The third-order valence-electron chi connectivity index (χ3n) is 2.31. The Morgan fingerprint density at radius 3 is 2.73 bits per heavy atom. The molecule has 1 heterocycles. The van der Waals surface area contributed by atoms with Crippen molar-refractivity contribution in [2.24, 2.45) is 0 Å². The lowest BCUT2D eigenvalue weighted by molar-refractivity contribution is 0.476. The van der Waals surface area contributed by atoms with Crippen molar-refractivity contribution in [2.75, 3.05) is 12.0 Å². The Morgan fingerprint density at radius 2 is 2.20 bits per heavy atom. The first-order valence-corrected chi connectivity index (χ1v) is 8.14. The van der Waals surface area contributed by atoms with Gasteiger partial charge in [0.05, 0.1) is 3.79 Å². The van der Waals surface area contributed by atoms with Gasteiger partial charge in [-0.15, -0.1) is 11.3 Å². The Bertz CT molecular complexity index is 288. The van der Waals surface area contributed by atoms with Crippen LogP contribution in [-0.4, -0.2) is 18.1 Å². The first-order valence-electron chi connectivity index (χ1n) is 5.13. The van der Waals surface area contributed by atoms with Crippen molar-refractivity contribution in [3.05, 3.63) is 20.8 Å². The van der Waals surface area contributed by atoms with Crippen LogP contribution < -0.4 is 5.32 Å². The van der Waals surface area contributed by atoms with Gasteiger partial charge in [0, 0.05) is 17.0 Å². The van der Waals surface area contributed by atoms with Gasteiger partial charge in [-0.2, -0.15) is 11.8 Å². The molecule has 0 bridgehead atoms. The lowest BCUT2D eigenvalue weighted by Gasteiger charge is -2.18. The molecule has 0 fully saturated rings. The Morgan fingerprint density at radius 1 is 1.47 bits per heavy atom. The second kappa shape index (κ2) is 6.94. The van der Waals surface area contributed by atoms with Crippen LogP contribution in [0.5, 0.6) is 0 Å².